The lowest BCUT2D eigenvalue weighted by Gasteiger charge is -2.22. The van der Waals surface area contributed by atoms with Crippen molar-refractivity contribution in [3.63, 3.8) is 0 Å². The molecule has 0 amide bonds. The molecule has 6 heteroatoms. The average Bonchev–Trinajstić information content (AvgIpc) is 3.26. The molecule has 0 radical (unpaired) electrons. The molecular weight excluding hydrogens is 311 g/mol. The van der Waals surface area contributed by atoms with Crippen LogP contribution in [0, 0.1) is 5.82 Å². The molecule has 1 unspecified atom stereocenters. The molecule has 23 heavy (non-hydrogen) atoms. The predicted molar refractivity (Wildman–Crippen MR) is 90.0 cm³/mol. The predicted octanol–water partition coefficient (Wildman–Crippen LogP) is 4.02. The van der Waals surface area contributed by atoms with E-state index in [0.717, 1.165) is 35.8 Å². The maximum Gasteiger partial charge on any atom is 0.186 e. The highest BCUT2D eigenvalue weighted by Crippen LogP contribution is 2.38. The zero-order valence-corrected chi connectivity index (χ0v) is 13.6. The summed E-state index contributed by atoms with van der Waals surface area (Å²) in [7, 11) is 1.94. The van der Waals surface area contributed by atoms with Crippen molar-refractivity contribution in [3.8, 4) is 11.3 Å². The number of aryl methyl sites for hydroxylation is 1. The van der Waals surface area contributed by atoms with Gasteiger partial charge >= 0.3 is 0 Å². The third kappa shape index (κ3) is 2.74. The number of thiazole rings is 1. The molecule has 3 heterocycles. The van der Waals surface area contributed by atoms with Crippen molar-refractivity contribution in [3.05, 3.63) is 53.4 Å². The fraction of sp³-hybridized carbons (Fsp3) is 0.294. The van der Waals surface area contributed by atoms with Gasteiger partial charge in [-0.05, 0) is 37.1 Å². The zero-order valence-electron chi connectivity index (χ0n) is 12.8. The average molecular weight is 328 g/mol. The van der Waals surface area contributed by atoms with E-state index in [0.29, 0.717) is 6.04 Å². The number of rotatable bonds is 3. The minimum absolute atomic E-state index is 0.222. The number of hydrogen-bond acceptors (Lipinski definition) is 4. The molecule has 0 aliphatic carbocycles. The van der Waals surface area contributed by atoms with Crippen LogP contribution in [0.4, 0.5) is 9.52 Å². The van der Waals surface area contributed by atoms with E-state index in [1.54, 1.807) is 23.5 Å². The number of hydrogen-bond donors (Lipinski definition) is 0. The molecular formula is C17H17FN4S. The number of benzene rings is 1. The first kappa shape index (κ1) is 14.4. The van der Waals surface area contributed by atoms with Gasteiger partial charge in [0.05, 0.1) is 17.9 Å². The summed E-state index contributed by atoms with van der Waals surface area (Å²) in [4.78, 5) is 7.13. The van der Waals surface area contributed by atoms with E-state index in [-0.39, 0.29) is 5.82 Å². The molecule has 3 aromatic rings. The largest absolute Gasteiger partial charge is 0.341 e. The van der Waals surface area contributed by atoms with E-state index in [1.165, 1.54) is 17.7 Å². The van der Waals surface area contributed by atoms with Gasteiger partial charge in [0.15, 0.2) is 5.13 Å². The van der Waals surface area contributed by atoms with Crippen molar-refractivity contribution >= 4 is 16.5 Å². The summed E-state index contributed by atoms with van der Waals surface area (Å²) in [6.07, 6.45) is 6.30. The summed E-state index contributed by atoms with van der Waals surface area (Å²) >= 11 is 1.64. The molecule has 0 spiro atoms. The van der Waals surface area contributed by atoms with Crippen LogP contribution in [0.1, 0.15) is 24.4 Å². The van der Waals surface area contributed by atoms with Crippen LogP contribution in [0.15, 0.2) is 42.0 Å². The van der Waals surface area contributed by atoms with Gasteiger partial charge in [0, 0.05) is 36.3 Å². The lowest BCUT2D eigenvalue weighted by molar-refractivity contribution is 0.628. The molecule has 0 N–H and O–H groups in total. The van der Waals surface area contributed by atoms with E-state index in [1.807, 2.05) is 23.3 Å². The Bertz CT molecular complexity index is 808. The molecule has 1 aromatic carbocycles. The quantitative estimate of drug-likeness (QED) is 0.728. The van der Waals surface area contributed by atoms with Crippen LogP contribution in [-0.4, -0.2) is 21.3 Å². The highest BCUT2D eigenvalue weighted by Gasteiger charge is 2.29. The van der Waals surface area contributed by atoms with Gasteiger partial charge < -0.3 is 4.90 Å². The van der Waals surface area contributed by atoms with Crippen molar-refractivity contribution < 1.29 is 4.39 Å². The van der Waals surface area contributed by atoms with Gasteiger partial charge in [0.25, 0.3) is 0 Å². The molecule has 118 valence electrons. The van der Waals surface area contributed by atoms with Crippen molar-refractivity contribution in [2.75, 3.05) is 11.4 Å². The number of halogens is 1. The first-order valence-electron chi connectivity index (χ1n) is 7.67. The molecule has 1 saturated heterocycles. The van der Waals surface area contributed by atoms with Gasteiger partial charge in [-0.25, -0.2) is 9.37 Å². The minimum atomic E-state index is -0.222. The van der Waals surface area contributed by atoms with Gasteiger partial charge in [0.2, 0.25) is 0 Å². The van der Waals surface area contributed by atoms with E-state index in [9.17, 15) is 4.39 Å². The molecule has 4 rings (SSSR count). The van der Waals surface area contributed by atoms with Crippen LogP contribution in [0.5, 0.6) is 0 Å². The molecule has 0 bridgehead atoms. The number of nitrogens with zero attached hydrogens (tertiary/aromatic N) is 4. The third-order valence-electron chi connectivity index (χ3n) is 4.24. The van der Waals surface area contributed by atoms with Crippen LogP contribution >= 0.6 is 11.3 Å². The first-order valence-corrected chi connectivity index (χ1v) is 8.55. The summed E-state index contributed by atoms with van der Waals surface area (Å²) in [5, 5.41) is 7.35. The van der Waals surface area contributed by atoms with Crippen molar-refractivity contribution in [1.29, 1.82) is 0 Å². The van der Waals surface area contributed by atoms with Crippen LogP contribution in [0.3, 0.4) is 0 Å². The maximum atomic E-state index is 13.1. The van der Waals surface area contributed by atoms with E-state index in [4.69, 9.17) is 4.98 Å². The fourth-order valence-corrected chi connectivity index (χ4v) is 4.01. The molecule has 1 aliphatic heterocycles. The number of anilines is 1. The first-order chi connectivity index (χ1) is 11.2. The van der Waals surface area contributed by atoms with Crippen LogP contribution in [0.2, 0.25) is 0 Å². The van der Waals surface area contributed by atoms with Gasteiger partial charge in [-0.15, -0.1) is 11.3 Å². The third-order valence-corrected chi connectivity index (χ3v) is 5.12. The smallest absolute Gasteiger partial charge is 0.186 e. The Hall–Kier alpha value is -2.21. The van der Waals surface area contributed by atoms with E-state index < -0.39 is 0 Å². The standard InChI is InChI=1S/C17H17FN4S/c1-21-10-13(9-19-21)16-3-2-8-22(16)17-20-15(11-23-17)12-4-6-14(18)7-5-12/h4-7,9-11,16H,2-3,8H2,1H3. The fourth-order valence-electron chi connectivity index (χ4n) is 3.10. The van der Waals surface area contributed by atoms with Gasteiger partial charge in [-0.3, -0.25) is 4.68 Å². The summed E-state index contributed by atoms with van der Waals surface area (Å²) in [5.74, 6) is -0.222. The van der Waals surface area contributed by atoms with Crippen LogP contribution in [0.25, 0.3) is 11.3 Å². The lowest BCUT2D eigenvalue weighted by Crippen LogP contribution is -2.22. The lowest BCUT2D eigenvalue weighted by atomic mass is 10.1. The Labute approximate surface area is 138 Å². The Morgan fingerprint density at radius 1 is 1.26 bits per heavy atom. The van der Waals surface area contributed by atoms with Crippen molar-refractivity contribution in [2.24, 2.45) is 7.05 Å². The van der Waals surface area contributed by atoms with Gasteiger partial charge in [0.1, 0.15) is 5.82 Å². The Morgan fingerprint density at radius 2 is 2.09 bits per heavy atom. The zero-order chi connectivity index (χ0) is 15.8. The van der Waals surface area contributed by atoms with Crippen LogP contribution < -0.4 is 4.90 Å². The second kappa shape index (κ2) is 5.77. The van der Waals surface area contributed by atoms with E-state index in [2.05, 4.69) is 16.2 Å². The molecule has 1 fully saturated rings. The molecule has 4 nitrogen and oxygen atoms in total. The highest BCUT2D eigenvalue weighted by atomic mass is 32.1. The number of aromatic nitrogens is 3. The second-order valence-corrected chi connectivity index (χ2v) is 6.66. The Kier molecular flexibility index (Phi) is 3.61. The van der Waals surface area contributed by atoms with Crippen LogP contribution in [-0.2, 0) is 7.05 Å². The summed E-state index contributed by atoms with van der Waals surface area (Å²) < 4.78 is 14.9. The second-order valence-electron chi connectivity index (χ2n) is 5.82. The van der Waals surface area contributed by atoms with Gasteiger partial charge in [-0.2, -0.15) is 5.10 Å². The van der Waals surface area contributed by atoms with Gasteiger partial charge in [-0.1, -0.05) is 0 Å². The summed E-state index contributed by atoms with van der Waals surface area (Å²) in [6.45, 7) is 1.01. The van der Waals surface area contributed by atoms with Crippen molar-refractivity contribution in [1.82, 2.24) is 14.8 Å². The molecule has 1 aliphatic rings. The normalized spacial score (nSPS) is 17.8. The molecule has 0 saturated carbocycles. The monoisotopic (exact) mass is 328 g/mol. The molecule has 2 aromatic heterocycles. The summed E-state index contributed by atoms with van der Waals surface area (Å²) in [5.41, 5.74) is 3.09. The Balaban J connectivity index is 1.61. The topological polar surface area (TPSA) is 34.0 Å². The summed E-state index contributed by atoms with van der Waals surface area (Å²) in [6, 6.07) is 6.84. The minimum Gasteiger partial charge on any atom is -0.341 e. The Morgan fingerprint density at radius 3 is 2.83 bits per heavy atom. The van der Waals surface area contributed by atoms with Crippen molar-refractivity contribution in [2.45, 2.75) is 18.9 Å². The maximum absolute atomic E-state index is 13.1. The van der Waals surface area contributed by atoms with E-state index >= 15 is 0 Å². The molecule has 1 atom stereocenters. The highest BCUT2D eigenvalue weighted by molar-refractivity contribution is 7.14. The SMILES string of the molecule is Cn1cc(C2CCCN2c2nc(-c3ccc(F)cc3)cs2)cn1.